The topological polar surface area (TPSA) is 34.2 Å². The van der Waals surface area contributed by atoms with Gasteiger partial charge in [-0.1, -0.05) is 48.5 Å². The van der Waals surface area contributed by atoms with E-state index in [1.165, 1.54) is 16.2 Å². The van der Waals surface area contributed by atoms with Gasteiger partial charge in [0.1, 0.15) is 0 Å². The third kappa shape index (κ3) is 1.75. The van der Waals surface area contributed by atoms with Crippen LogP contribution < -0.4 is 9.47 Å². The van der Waals surface area contributed by atoms with Crippen molar-refractivity contribution in [1.82, 2.24) is 4.98 Å². The largest absolute Gasteiger partial charge is 0.449 e. The lowest BCUT2D eigenvalue weighted by molar-refractivity contribution is 0.360. The number of fused-ring (bicyclic) bond motifs is 7. The lowest BCUT2D eigenvalue weighted by Gasteiger charge is -2.20. The predicted molar refractivity (Wildman–Crippen MR) is 99.9 cm³/mol. The van der Waals surface area contributed by atoms with Gasteiger partial charge in [-0.25, -0.2) is 0 Å². The van der Waals surface area contributed by atoms with E-state index in [4.69, 9.17) is 9.47 Å². The van der Waals surface area contributed by atoms with Crippen molar-refractivity contribution in [2.75, 3.05) is 0 Å². The van der Waals surface area contributed by atoms with E-state index in [1.54, 1.807) is 0 Å². The highest BCUT2D eigenvalue weighted by Gasteiger charge is 2.20. The molecule has 0 atom stereocenters. The summed E-state index contributed by atoms with van der Waals surface area (Å²) in [4.78, 5) is 3.56. The highest BCUT2D eigenvalue weighted by Crippen LogP contribution is 2.47. The third-order valence-electron chi connectivity index (χ3n) is 4.85. The van der Waals surface area contributed by atoms with Crippen LogP contribution in [0.4, 0.5) is 0 Å². The molecule has 1 aliphatic rings. The summed E-state index contributed by atoms with van der Waals surface area (Å²) in [7, 11) is 0. The average Bonchev–Trinajstić information content (AvgIpc) is 3.02. The van der Waals surface area contributed by atoms with Gasteiger partial charge in [0.15, 0.2) is 23.0 Å². The van der Waals surface area contributed by atoms with E-state index in [0.717, 1.165) is 39.4 Å². The van der Waals surface area contributed by atoms with Crippen LogP contribution in [0.25, 0.3) is 32.6 Å². The van der Waals surface area contributed by atoms with Crippen LogP contribution in [0.1, 0.15) is 0 Å². The molecule has 0 bridgehead atoms. The van der Waals surface area contributed by atoms with Crippen LogP contribution in [-0.2, 0) is 0 Å². The van der Waals surface area contributed by atoms with Crippen LogP contribution in [0, 0.1) is 0 Å². The second kappa shape index (κ2) is 4.54. The fraction of sp³-hybridized carbons (Fsp3) is 0. The van der Waals surface area contributed by atoms with Crippen LogP contribution in [-0.4, -0.2) is 4.98 Å². The van der Waals surface area contributed by atoms with Crippen LogP contribution in [0.5, 0.6) is 23.0 Å². The van der Waals surface area contributed by atoms with Gasteiger partial charge in [-0.05, 0) is 23.6 Å². The Bertz CT molecular complexity index is 1300. The van der Waals surface area contributed by atoms with Crippen LogP contribution >= 0.6 is 0 Å². The minimum absolute atomic E-state index is 0.738. The molecule has 0 saturated heterocycles. The van der Waals surface area contributed by atoms with Crippen molar-refractivity contribution in [3.05, 3.63) is 72.8 Å². The normalized spacial score (nSPS) is 12.6. The summed E-state index contributed by atoms with van der Waals surface area (Å²) >= 11 is 0. The molecule has 0 unspecified atom stereocenters. The Hall–Kier alpha value is -3.46. The van der Waals surface area contributed by atoms with Crippen LogP contribution in [0.15, 0.2) is 72.8 Å². The van der Waals surface area contributed by atoms with Gasteiger partial charge in [0, 0.05) is 22.2 Å². The summed E-state index contributed by atoms with van der Waals surface area (Å²) in [6, 6.07) is 24.6. The second-order valence-corrected chi connectivity index (χ2v) is 6.33. The minimum Gasteiger partial charge on any atom is -0.449 e. The first-order chi connectivity index (χ1) is 12.4. The first-order valence-corrected chi connectivity index (χ1v) is 8.29. The minimum atomic E-state index is 0.738. The Labute approximate surface area is 143 Å². The molecule has 0 radical (unpaired) electrons. The van der Waals surface area contributed by atoms with Crippen molar-refractivity contribution in [2.24, 2.45) is 0 Å². The maximum Gasteiger partial charge on any atom is 0.172 e. The highest BCUT2D eigenvalue weighted by molar-refractivity contribution is 6.17. The van der Waals surface area contributed by atoms with Crippen molar-refractivity contribution in [2.45, 2.75) is 0 Å². The molecule has 25 heavy (non-hydrogen) atoms. The van der Waals surface area contributed by atoms with Gasteiger partial charge >= 0.3 is 0 Å². The fourth-order valence-electron chi connectivity index (χ4n) is 3.67. The van der Waals surface area contributed by atoms with Crippen LogP contribution in [0.2, 0.25) is 0 Å². The summed E-state index contributed by atoms with van der Waals surface area (Å²) in [5.41, 5.74) is 2.20. The lowest BCUT2D eigenvalue weighted by atomic mass is 10.1. The van der Waals surface area contributed by atoms with E-state index in [9.17, 15) is 0 Å². The summed E-state index contributed by atoms with van der Waals surface area (Å²) < 4.78 is 12.1. The summed E-state index contributed by atoms with van der Waals surface area (Å²) in [6.07, 6.45) is 0. The SMILES string of the molecule is c1ccc2c(c1)Oc1cc3[nH]c4c5ccccc5ccc4c3cc1O2. The van der Waals surface area contributed by atoms with Gasteiger partial charge in [0.2, 0.25) is 0 Å². The molecule has 0 amide bonds. The van der Waals surface area contributed by atoms with E-state index >= 15 is 0 Å². The molecule has 5 aromatic rings. The first-order valence-electron chi connectivity index (χ1n) is 8.29. The van der Waals surface area contributed by atoms with Gasteiger partial charge in [-0.15, -0.1) is 0 Å². The number of ether oxygens (including phenoxy) is 2. The number of aromatic nitrogens is 1. The zero-order chi connectivity index (χ0) is 16.4. The lowest BCUT2D eigenvalue weighted by Crippen LogP contribution is -1.98. The van der Waals surface area contributed by atoms with Crippen molar-refractivity contribution in [3.63, 3.8) is 0 Å². The quantitative estimate of drug-likeness (QED) is 0.352. The Morgan fingerprint density at radius 3 is 2.12 bits per heavy atom. The zero-order valence-electron chi connectivity index (χ0n) is 13.2. The molecule has 6 rings (SSSR count). The van der Waals surface area contributed by atoms with Crippen molar-refractivity contribution in [1.29, 1.82) is 0 Å². The van der Waals surface area contributed by atoms with Crippen molar-refractivity contribution < 1.29 is 9.47 Å². The van der Waals surface area contributed by atoms with E-state index in [0.29, 0.717) is 0 Å². The highest BCUT2D eigenvalue weighted by atomic mass is 16.6. The number of hydrogen-bond acceptors (Lipinski definition) is 2. The fourth-order valence-corrected chi connectivity index (χ4v) is 3.67. The molecule has 2 heterocycles. The van der Waals surface area contributed by atoms with Gasteiger partial charge in [-0.2, -0.15) is 0 Å². The molecule has 0 fully saturated rings. The van der Waals surface area contributed by atoms with Gasteiger partial charge in [0.25, 0.3) is 0 Å². The van der Waals surface area contributed by atoms with E-state index in [2.05, 4.69) is 47.4 Å². The van der Waals surface area contributed by atoms with E-state index < -0.39 is 0 Å². The molecule has 3 nitrogen and oxygen atoms in total. The third-order valence-corrected chi connectivity index (χ3v) is 4.85. The molecule has 1 N–H and O–H groups in total. The molecule has 0 spiro atoms. The number of rotatable bonds is 0. The molecule has 0 saturated carbocycles. The number of benzene rings is 4. The molecule has 1 aliphatic heterocycles. The standard InChI is InChI=1S/C22H13NO2/c1-2-6-14-13(5-1)9-10-15-16-11-20-21(12-17(16)23-22(14)15)25-19-8-4-3-7-18(19)24-20/h1-12,23H. The Morgan fingerprint density at radius 2 is 1.28 bits per heavy atom. The maximum absolute atomic E-state index is 6.05. The first kappa shape index (κ1) is 12.9. The monoisotopic (exact) mass is 323 g/mol. The number of nitrogens with one attached hydrogen (secondary N) is 1. The van der Waals surface area contributed by atoms with Crippen molar-refractivity contribution in [3.8, 4) is 23.0 Å². The zero-order valence-corrected chi connectivity index (χ0v) is 13.2. The summed E-state index contributed by atoms with van der Waals surface area (Å²) in [6.45, 7) is 0. The smallest absolute Gasteiger partial charge is 0.172 e. The van der Waals surface area contributed by atoms with Crippen molar-refractivity contribution >= 4 is 32.6 Å². The Kier molecular flexibility index (Phi) is 2.35. The van der Waals surface area contributed by atoms with E-state index in [1.807, 2.05) is 30.3 Å². The number of hydrogen-bond donors (Lipinski definition) is 1. The van der Waals surface area contributed by atoms with Gasteiger partial charge in [0.05, 0.1) is 11.0 Å². The molecule has 1 aromatic heterocycles. The molecule has 4 aromatic carbocycles. The molecular formula is C22H13NO2. The van der Waals surface area contributed by atoms with Gasteiger partial charge in [-0.3, -0.25) is 0 Å². The molecule has 3 heteroatoms. The second-order valence-electron chi connectivity index (χ2n) is 6.33. The molecule has 118 valence electrons. The number of para-hydroxylation sites is 2. The number of aromatic amines is 1. The Balaban J connectivity index is 1.66. The van der Waals surface area contributed by atoms with E-state index in [-0.39, 0.29) is 0 Å². The maximum atomic E-state index is 6.05. The molecular weight excluding hydrogens is 310 g/mol. The predicted octanol–water partition coefficient (Wildman–Crippen LogP) is 6.37. The molecule has 0 aliphatic carbocycles. The average molecular weight is 323 g/mol. The Morgan fingerprint density at radius 1 is 0.560 bits per heavy atom. The van der Waals surface area contributed by atoms with Gasteiger partial charge < -0.3 is 14.5 Å². The van der Waals surface area contributed by atoms with Crippen LogP contribution in [0.3, 0.4) is 0 Å². The number of H-pyrrole nitrogens is 1. The summed E-state index contributed by atoms with van der Waals surface area (Å²) in [5.74, 6) is 2.98. The summed E-state index contributed by atoms with van der Waals surface area (Å²) in [5, 5.41) is 4.78.